The summed E-state index contributed by atoms with van der Waals surface area (Å²) in [6.45, 7) is 0.394. The highest BCUT2D eigenvalue weighted by Crippen LogP contribution is 2.36. The van der Waals surface area contributed by atoms with Gasteiger partial charge in [-0.2, -0.15) is 0 Å². The molecule has 32 heavy (non-hydrogen) atoms. The molecule has 5 atom stereocenters. The van der Waals surface area contributed by atoms with E-state index in [9.17, 15) is 10.2 Å². The van der Waals surface area contributed by atoms with Gasteiger partial charge in [-0.15, -0.1) is 0 Å². The van der Waals surface area contributed by atoms with Gasteiger partial charge in [0, 0.05) is 4.90 Å². The Labute approximate surface area is 193 Å². The van der Waals surface area contributed by atoms with Crippen LogP contribution in [0.1, 0.15) is 11.1 Å². The maximum absolute atomic E-state index is 11.3. The molecule has 0 aromatic heterocycles. The van der Waals surface area contributed by atoms with E-state index in [0.29, 0.717) is 13.2 Å². The van der Waals surface area contributed by atoms with Crippen molar-refractivity contribution < 1.29 is 24.4 Å². The fourth-order valence-corrected chi connectivity index (χ4v) is 4.84. The van der Waals surface area contributed by atoms with Crippen LogP contribution in [0.5, 0.6) is 0 Å². The van der Waals surface area contributed by atoms with E-state index in [1.807, 2.05) is 91.0 Å². The van der Waals surface area contributed by atoms with Crippen molar-refractivity contribution in [3.8, 4) is 0 Å². The quantitative estimate of drug-likeness (QED) is 0.511. The van der Waals surface area contributed by atoms with Gasteiger partial charge in [-0.05, 0) is 23.3 Å². The van der Waals surface area contributed by atoms with E-state index < -0.39 is 29.9 Å². The second-order valence-corrected chi connectivity index (χ2v) is 8.84. The normalized spacial score (nSPS) is 25.5. The van der Waals surface area contributed by atoms with Crippen LogP contribution in [-0.2, 0) is 27.4 Å². The summed E-state index contributed by atoms with van der Waals surface area (Å²) in [6, 6.07) is 29.4. The Hall–Kier alpha value is -2.19. The van der Waals surface area contributed by atoms with Crippen molar-refractivity contribution in [2.45, 2.75) is 48.0 Å². The fraction of sp³-hybridized carbons (Fsp3) is 0.308. The van der Waals surface area contributed by atoms with E-state index in [1.165, 1.54) is 11.8 Å². The highest BCUT2D eigenvalue weighted by molar-refractivity contribution is 7.99. The first-order valence-corrected chi connectivity index (χ1v) is 11.6. The molecule has 1 aliphatic rings. The van der Waals surface area contributed by atoms with Gasteiger partial charge in [-0.25, -0.2) is 0 Å². The standard InChI is InChI=1S/C26H28O5S/c27-16-22-24(29-17-19-10-4-1-5-11-19)23(28)25(30-18-20-12-6-2-7-13-20)26(31-22)32-21-14-8-3-9-15-21/h1-15,22-28H,16-18H2/t22?,23-,24?,25-,26-/m0/s1. The number of rotatable bonds is 9. The zero-order valence-electron chi connectivity index (χ0n) is 17.7. The number of ether oxygens (including phenoxy) is 3. The van der Waals surface area contributed by atoms with Gasteiger partial charge in [0.1, 0.15) is 29.9 Å². The van der Waals surface area contributed by atoms with Crippen molar-refractivity contribution in [2.24, 2.45) is 0 Å². The molecule has 2 N–H and O–H groups in total. The summed E-state index contributed by atoms with van der Waals surface area (Å²) in [4.78, 5) is 0.998. The number of benzene rings is 3. The van der Waals surface area contributed by atoms with Crippen molar-refractivity contribution in [3.05, 3.63) is 102 Å². The molecule has 1 saturated heterocycles. The van der Waals surface area contributed by atoms with Gasteiger partial charge in [-0.1, -0.05) is 90.6 Å². The highest BCUT2D eigenvalue weighted by Gasteiger charge is 2.46. The average Bonchev–Trinajstić information content (AvgIpc) is 2.85. The lowest BCUT2D eigenvalue weighted by molar-refractivity contribution is -0.237. The Morgan fingerprint density at radius 1 is 0.719 bits per heavy atom. The van der Waals surface area contributed by atoms with E-state index in [0.717, 1.165) is 16.0 Å². The zero-order chi connectivity index (χ0) is 22.2. The molecule has 0 aliphatic carbocycles. The van der Waals surface area contributed by atoms with Crippen LogP contribution in [0.15, 0.2) is 95.9 Å². The number of aliphatic hydroxyl groups is 2. The second-order valence-electron chi connectivity index (χ2n) is 7.67. The number of thioether (sulfide) groups is 1. The lowest BCUT2D eigenvalue weighted by Crippen LogP contribution is -2.59. The van der Waals surface area contributed by atoms with Gasteiger partial charge in [-0.3, -0.25) is 0 Å². The van der Waals surface area contributed by atoms with E-state index in [1.54, 1.807) is 0 Å². The van der Waals surface area contributed by atoms with Crippen molar-refractivity contribution in [1.29, 1.82) is 0 Å². The van der Waals surface area contributed by atoms with Crippen LogP contribution < -0.4 is 0 Å². The van der Waals surface area contributed by atoms with E-state index >= 15 is 0 Å². The van der Waals surface area contributed by atoms with Gasteiger partial charge in [0.2, 0.25) is 0 Å². The largest absolute Gasteiger partial charge is 0.394 e. The molecular weight excluding hydrogens is 424 g/mol. The molecule has 0 amide bonds. The van der Waals surface area contributed by atoms with Crippen molar-refractivity contribution in [2.75, 3.05) is 6.61 Å². The highest BCUT2D eigenvalue weighted by atomic mass is 32.2. The Balaban J connectivity index is 1.51. The van der Waals surface area contributed by atoms with Crippen molar-refractivity contribution >= 4 is 11.8 Å². The molecule has 0 radical (unpaired) electrons. The first-order chi connectivity index (χ1) is 15.7. The summed E-state index contributed by atoms with van der Waals surface area (Å²) in [7, 11) is 0. The monoisotopic (exact) mass is 452 g/mol. The number of hydrogen-bond donors (Lipinski definition) is 2. The zero-order valence-corrected chi connectivity index (χ0v) is 18.5. The number of aliphatic hydroxyl groups excluding tert-OH is 2. The lowest BCUT2D eigenvalue weighted by Gasteiger charge is -2.43. The first-order valence-electron chi connectivity index (χ1n) is 10.7. The van der Waals surface area contributed by atoms with E-state index in [4.69, 9.17) is 14.2 Å². The molecule has 3 aromatic carbocycles. The third-order valence-electron chi connectivity index (χ3n) is 5.36. The molecule has 5 nitrogen and oxygen atoms in total. The van der Waals surface area contributed by atoms with Crippen molar-refractivity contribution in [3.63, 3.8) is 0 Å². The summed E-state index contributed by atoms with van der Waals surface area (Å²) >= 11 is 1.47. The minimum absolute atomic E-state index is 0.256. The first kappa shape index (κ1) is 23.0. The molecule has 168 valence electrons. The molecule has 1 heterocycles. The maximum atomic E-state index is 11.3. The molecule has 4 rings (SSSR count). The minimum atomic E-state index is -0.963. The van der Waals surface area contributed by atoms with Crippen LogP contribution >= 0.6 is 11.8 Å². The summed E-state index contributed by atoms with van der Waals surface area (Å²) in [5.41, 5.74) is 1.50. The summed E-state index contributed by atoms with van der Waals surface area (Å²) in [5.74, 6) is 0. The van der Waals surface area contributed by atoms with Gasteiger partial charge >= 0.3 is 0 Å². The van der Waals surface area contributed by atoms with Crippen LogP contribution in [0.3, 0.4) is 0 Å². The van der Waals surface area contributed by atoms with Crippen LogP contribution in [0.25, 0.3) is 0 Å². The van der Waals surface area contributed by atoms with Crippen molar-refractivity contribution in [1.82, 2.24) is 0 Å². The fourth-order valence-electron chi connectivity index (χ4n) is 3.69. The van der Waals surface area contributed by atoms with E-state index in [2.05, 4.69) is 0 Å². The predicted molar refractivity (Wildman–Crippen MR) is 124 cm³/mol. The van der Waals surface area contributed by atoms with Gasteiger partial charge in [0.05, 0.1) is 19.8 Å². The Morgan fingerprint density at radius 2 is 1.22 bits per heavy atom. The Bertz CT molecular complexity index is 925. The topological polar surface area (TPSA) is 68.2 Å². The summed E-state index contributed by atoms with van der Waals surface area (Å²) < 4.78 is 18.4. The van der Waals surface area contributed by atoms with Crippen LogP contribution in [0, 0.1) is 0 Å². The van der Waals surface area contributed by atoms with Gasteiger partial charge < -0.3 is 24.4 Å². The minimum Gasteiger partial charge on any atom is -0.394 e. The smallest absolute Gasteiger partial charge is 0.137 e. The predicted octanol–water partition coefficient (Wildman–Crippen LogP) is 4.03. The SMILES string of the molecule is OCC1O[C@@H](Sc2ccccc2)[C@@H](OCc2ccccc2)[C@@H](O)C1OCc1ccccc1. The molecule has 0 saturated carbocycles. The summed E-state index contributed by atoms with van der Waals surface area (Å²) in [5, 5.41) is 21.3. The van der Waals surface area contributed by atoms with Gasteiger partial charge in [0.15, 0.2) is 0 Å². The number of hydrogen-bond acceptors (Lipinski definition) is 6. The van der Waals surface area contributed by atoms with Crippen LogP contribution in [0.4, 0.5) is 0 Å². The van der Waals surface area contributed by atoms with Crippen LogP contribution in [-0.4, -0.2) is 46.7 Å². The molecule has 1 aliphatic heterocycles. The third-order valence-corrected chi connectivity index (χ3v) is 6.52. The molecular formula is C26H28O5S. The Morgan fingerprint density at radius 3 is 1.75 bits per heavy atom. The second kappa shape index (κ2) is 11.6. The van der Waals surface area contributed by atoms with Crippen LogP contribution in [0.2, 0.25) is 0 Å². The molecule has 0 spiro atoms. The maximum Gasteiger partial charge on any atom is 0.137 e. The van der Waals surface area contributed by atoms with E-state index in [-0.39, 0.29) is 6.61 Å². The Kier molecular flexibility index (Phi) is 8.34. The average molecular weight is 453 g/mol. The molecule has 2 unspecified atom stereocenters. The summed E-state index contributed by atoms with van der Waals surface area (Å²) in [6.07, 6.45) is -2.97. The molecule has 3 aromatic rings. The molecule has 0 bridgehead atoms. The third kappa shape index (κ3) is 5.98. The lowest BCUT2D eigenvalue weighted by atomic mass is 9.99. The van der Waals surface area contributed by atoms with Gasteiger partial charge in [0.25, 0.3) is 0 Å². The molecule has 1 fully saturated rings. The molecule has 6 heteroatoms.